The third-order valence-corrected chi connectivity index (χ3v) is 15.0. The van der Waals surface area contributed by atoms with Gasteiger partial charge in [-0.3, -0.25) is 23.7 Å². The minimum atomic E-state index is -5.85. The number of carboxylic acids is 1. The number of imidazole rings is 1. The molecule has 27 nitrogen and oxygen atoms in total. The van der Waals surface area contributed by atoms with E-state index in [4.69, 9.17) is 24.7 Å². The molecule has 1 aliphatic carbocycles. The van der Waals surface area contributed by atoms with Gasteiger partial charge in [0.15, 0.2) is 17.4 Å². The Labute approximate surface area is 401 Å². The zero-order chi connectivity index (χ0) is 51.7. The molecular formula is C41H51N9O18P3+. The second-order valence-electron chi connectivity index (χ2n) is 16.7. The molecule has 2 aromatic carbocycles. The number of anilines is 3. The summed E-state index contributed by atoms with van der Waals surface area (Å²) in [7, 11) is -9.55. The molecule has 0 saturated carbocycles. The number of nitrogens with zero attached hydrogens (tertiary/aromatic N) is 5. The van der Waals surface area contributed by atoms with Crippen molar-refractivity contribution in [2.75, 3.05) is 63.8 Å². The van der Waals surface area contributed by atoms with E-state index in [0.29, 0.717) is 59.1 Å². The van der Waals surface area contributed by atoms with Crippen LogP contribution < -0.4 is 36.8 Å². The molecule has 6 atom stereocenters. The number of carbonyl (C=O) groups is 2. The molecule has 7 rings (SSSR count). The normalized spacial score (nSPS) is 18.9. The number of hydrogen-bond acceptors (Lipinski definition) is 18. The number of benzene rings is 3. The molecule has 1 fully saturated rings. The van der Waals surface area contributed by atoms with Crippen LogP contribution in [0.4, 0.5) is 17.6 Å². The number of fused-ring (bicyclic) bond motifs is 3. The first-order valence-corrected chi connectivity index (χ1v) is 26.0. The Bertz CT molecular complexity index is 3260. The Morgan fingerprint density at radius 2 is 1.62 bits per heavy atom. The van der Waals surface area contributed by atoms with Gasteiger partial charge in [0.25, 0.3) is 11.5 Å². The van der Waals surface area contributed by atoms with Gasteiger partial charge in [-0.05, 0) is 54.8 Å². The maximum Gasteiger partial charge on any atom is 0.490 e. The Hall–Kier alpha value is -5.89. The summed E-state index contributed by atoms with van der Waals surface area (Å²) in [5.74, 6) is -1.47. The lowest BCUT2D eigenvalue weighted by Gasteiger charge is -2.20. The van der Waals surface area contributed by atoms with Crippen LogP contribution in [0.25, 0.3) is 44.6 Å². The highest BCUT2D eigenvalue weighted by atomic mass is 31.3. The monoisotopic (exact) mass is 1050 g/mol. The molecule has 4 aromatic rings. The predicted octanol–water partition coefficient (Wildman–Crippen LogP) is 2.38. The van der Waals surface area contributed by atoms with Crippen molar-refractivity contribution < 1.29 is 80.5 Å². The summed E-state index contributed by atoms with van der Waals surface area (Å²) in [4.78, 5) is 88.5. The summed E-state index contributed by atoms with van der Waals surface area (Å²) in [6.45, 7) is -0.586. The maximum absolute atomic E-state index is 13.6. The number of H-pyrrole nitrogens is 1. The highest BCUT2D eigenvalue weighted by Gasteiger charge is 2.48. The Morgan fingerprint density at radius 3 is 2.30 bits per heavy atom. The number of aromatic amines is 1. The van der Waals surface area contributed by atoms with Gasteiger partial charge in [-0.1, -0.05) is 12.8 Å². The third-order valence-electron chi connectivity index (χ3n) is 11.2. The molecule has 2 unspecified atom stereocenters. The van der Waals surface area contributed by atoms with Crippen LogP contribution in [0.15, 0.2) is 63.8 Å². The van der Waals surface area contributed by atoms with Gasteiger partial charge in [-0.25, -0.2) is 28.0 Å². The zero-order valence-electron chi connectivity index (χ0n) is 38.2. The molecule has 382 valence electrons. The number of aliphatic hydroxyl groups is 2. The predicted molar refractivity (Wildman–Crippen MR) is 254 cm³/mol. The van der Waals surface area contributed by atoms with Crippen molar-refractivity contribution in [1.29, 1.82) is 0 Å². The minimum Gasteiger partial charge on any atom is -0.478 e. The number of ether oxygens (including phenoxy) is 1. The lowest BCUT2D eigenvalue weighted by molar-refractivity contribution is -0.0493. The lowest BCUT2D eigenvalue weighted by Crippen LogP contribution is -2.34. The van der Waals surface area contributed by atoms with E-state index in [0.717, 1.165) is 15.6 Å². The first-order valence-electron chi connectivity index (χ1n) is 21.5. The van der Waals surface area contributed by atoms with Gasteiger partial charge < -0.3 is 65.3 Å². The van der Waals surface area contributed by atoms with Crippen molar-refractivity contribution in [2.45, 2.75) is 50.2 Å². The fourth-order valence-corrected chi connectivity index (χ4v) is 10.8. The van der Waals surface area contributed by atoms with E-state index in [1.165, 1.54) is 12.1 Å². The summed E-state index contributed by atoms with van der Waals surface area (Å²) >= 11 is 0. The van der Waals surface area contributed by atoms with Crippen LogP contribution in [-0.4, -0.2) is 132 Å². The molecule has 4 heterocycles. The summed E-state index contributed by atoms with van der Waals surface area (Å²) in [5, 5.41) is 39.6. The molecule has 0 bridgehead atoms. The average molecular weight is 1050 g/mol. The fraction of sp³-hybridized carbons (Fsp3) is 0.366. The van der Waals surface area contributed by atoms with Gasteiger partial charge >= 0.3 is 29.4 Å². The van der Waals surface area contributed by atoms with Crippen molar-refractivity contribution in [3.63, 3.8) is 0 Å². The number of unbranched alkanes of at least 4 members (excludes halogenated alkanes) is 3. The summed E-state index contributed by atoms with van der Waals surface area (Å²) < 4.78 is 62.1. The van der Waals surface area contributed by atoms with E-state index in [9.17, 15) is 53.2 Å². The lowest BCUT2D eigenvalue weighted by atomic mass is 9.89. The molecule has 2 aromatic heterocycles. The van der Waals surface area contributed by atoms with Crippen LogP contribution in [0.5, 0.6) is 0 Å². The number of nitrogens with one attached hydrogen (secondary N) is 3. The van der Waals surface area contributed by atoms with Crippen molar-refractivity contribution in [2.24, 2.45) is 0 Å². The number of phosphoric acid groups is 3. The van der Waals surface area contributed by atoms with E-state index < -0.39 is 72.1 Å². The SMILES string of the molecule is CN(C)c1ccc2c(-c3cc(C(=O)NCCCCCCNc4nc5c(=O)[nH]c(N)nc5n4[C@@H]4O[C@H](COP(=O)(O)OP(=O)(O)OP(=O)(O)O)[C@@H](O)[C@H]4O)ccc3C(=O)O)c3ccc(=[N+](C)C)cc-3oc2c1. The molecule has 3 aliphatic rings. The highest BCUT2D eigenvalue weighted by molar-refractivity contribution is 7.66. The number of nitrogens with two attached hydrogens (primary N) is 1. The Balaban J connectivity index is 0.989. The molecule has 1 amide bonds. The van der Waals surface area contributed by atoms with Crippen molar-refractivity contribution in [3.8, 4) is 22.5 Å². The number of phosphoric ester groups is 1. The number of carboxylic acid groups (broad SMARTS) is 1. The van der Waals surface area contributed by atoms with Gasteiger partial charge in [0, 0.05) is 67.1 Å². The topological polar surface area (TPSA) is 397 Å². The number of aromatic nitrogens is 4. The van der Waals surface area contributed by atoms with E-state index >= 15 is 0 Å². The van der Waals surface area contributed by atoms with E-state index in [-0.39, 0.29) is 47.3 Å². The van der Waals surface area contributed by atoms with Gasteiger partial charge in [0.2, 0.25) is 17.3 Å². The Morgan fingerprint density at radius 1 is 0.901 bits per heavy atom. The summed E-state index contributed by atoms with van der Waals surface area (Å²) in [5.41, 5.74) is 7.82. The highest BCUT2D eigenvalue weighted by Crippen LogP contribution is 2.66. The van der Waals surface area contributed by atoms with Crippen LogP contribution in [-0.2, 0) is 31.6 Å². The fourth-order valence-electron chi connectivity index (χ4n) is 7.82. The third kappa shape index (κ3) is 12.2. The molecule has 0 radical (unpaired) electrons. The van der Waals surface area contributed by atoms with Crippen molar-refractivity contribution >= 4 is 75.1 Å². The molecule has 2 aliphatic heterocycles. The first kappa shape index (κ1) is 52.9. The van der Waals surface area contributed by atoms with Crippen molar-refractivity contribution in [3.05, 3.63) is 81.4 Å². The zero-order valence-corrected chi connectivity index (χ0v) is 40.9. The number of nitrogen functional groups attached to an aromatic ring is 1. The van der Waals surface area contributed by atoms with Crippen LogP contribution in [0.2, 0.25) is 0 Å². The average Bonchev–Trinajstić information content (AvgIpc) is 3.77. The quantitative estimate of drug-likeness (QED) is 0.0226. The second-order valence-corrected chi connectivity index (χ2v) is 21.1. The number of hydrogen-bond donors (Lipinski definition) is 11. The van der Waals surface area contributed by atoms with Gasteiger partial charge in [0.1, 0.15) is 43.8 Å². The van der Waals surface area contributed by atoms with Gasteiger partial charge in [-0.15, -0.1) is 0 Å². The minimum absolute atomic E-state index is 0.00139. The molecule has 12 N–H and O–H groups in total. The molecule has 71 heavy (non-hydrogen) atoms. The first-order chi connectivity index (χ1) is 33.3. The number of aliphatic hydroxyl groups excluding tert-OH is 2. The molecule has 30 heteroatoms. The van der Waals surface area contributed by atoms with Crippen molar-refractivity contribution in [1.82, 2.24) is 29.4 Å². The molecule has 0 spiro atoms. The number of rotatable bonds is 20. The Kier molecular flexibility index (Phi) is 15.7. The van der Waals surface area contributed by atoms with Crippen LogP contribution >= 0.6 is 23.5 Å². The number of amides is 1. The van der Waals surface area contributed by atoms with E-state index in [1.54, 1.807) is 6.07 Å². The van der Waals surface area contributed by atoms with Crippen LogP contribution in [0, 0.1) is 0 Å². The number of aromatic carboxylic acids is 1. The molecular weight excluding hydrogens is 999 g/mol. The van der Waals surface area contributed by atoms with Gasteiger partial charge in [-0.2, -0.15) is 13.6 Å². The van der Waals surface area contributed by atoms with Crippen LogP contribution in [0.1, 0.15) is 52.6 Å². The van der Waals surface area contributed by atoms with E-state index in [2.05, 4.69) is 38.7 Å². The largest absolute Gasteiger partial charge is 0.490 e. The standard InChI is InChI=1S/C41H50N9O18P3/c1-48(2)22-10-13-25-28(18-22)65-29-19-23(49(3)4)11-14-26(29)31(25)27-17-21(9-12-24(27)39(55)56)36(53)43-15-7-5-6-8-16-44-41-45-32-35(46-40(42)47-37(32)54)50(41)38-34(52)33(51)30(66-38)20-64-70(60,61)68-71(62,63)67-69(57,58)59/h9-14,17-19,30,33-34,38,51-52H,5-8,15-16,20H2,1-4H3,(H9-,42,43,44,45,46,47,53,54,55,56,57,58,59,60,61,62,63)/p+1/t30-,33-,34-,38-/m1/s1. The van der Waals surface area contributed by atoms with Gasteiger partial charge in [0.05, 0.1) is 18.2 Å². The maximum atomic E-state index is 13.6. The van der Waals surface area contributed by atoms with Crippen LogP contribution in [0.3, 0.4) is 0 Å². The number of carbonyl (C=O) groups excluding carboxylic acids is 1. The molecule has 1 saturated heterocycles. The summed E-state index contributed by atoms with van der Waals surface area (Å²) in [6.07, 6.45) is -4.64. The van der Waals surface area contributed by atoms with E-state index in [1.807, 2.05) is 74.1 Å². The summed E-state index contributed by atoms with van der Waals surface area (Å²) in [6, 6.07) is 15.8. The smallest absolute Gasteiger partial charge is 0.478 e. The second kappa shape index (κ2) is 21.1.